The molecule has 0 aliphatic heterocycles. The predicted octanol–water partition coefficient (Wildman–Crippen LogP) is 3.01. The van der Waals surface area contributed by atoms with Crippen molar-refractivity contribution in [2.75, 3.05) is 20.0 Å². The molecule has 4 aromatic rings. The summed E-state index contributed by atoms with van der Waals surface area (Å²) in [7, 11) is -20.9. The maximum atomic E-state index is 9.87. The molecule has 4 aromatic heterocycles. The molecule has 55 heavy (non-hydrogen) atoms. The quantitative estimate of drug-likeness (QED) is 0.174. The first-order chi connectivity index (χ1) is 23.1. The van der Waals surface area contributed by atoms with Gasteiger partial charge in [-0.3, -0.25) is 19.9 Å². The van der Waals surface area contributed by atoms with E-state index in [0.717, 1.165) is 22.8 Å². The van der Waals surface area contributed by atoms with E-state index in [9.17, 15) is 70.2 Å². The number of aromatic nitrogens is 4. The summed E-state index contributed by atoms with van der Waals surface area (Å²) in [5.41, 5.74) is 8.57. The van der Waals surface area contributed by atoms with Crippen LogP contribution in [0.5, 0.6) is 0 Å². The van der Waals surface area contributed by atoms with Crippen LogP contribution in [-0.4, -0.2) is 57.9 Å². The van der Waals surface area contributed by atoms with Crippen LogP contribution >= 0.6 is 23.5 Å². The molecule has 0 spiro atoms. The van der Waals surface area contributed by atoms with Crippen LogP contribution in [0, 0.1) is 0 Å². The largest absolute Gasteiger partial charge is 2.00 e. The van der Waals surface area contributed by atoms with Crippen LogP contribution in [0.15, 0.2) is 97.6 Å². The Morgan fingerprint density at radius 3 is 0.909 bits per heavy atom. The minimum absolute atomic E-state index is 0. The van der Waals surface area contributed by atoms with Gasteiger partial charge in [-0.25, -0.2) is 0 Å². The first-order valence-electron chi connectivity index (χ1n) is 13.7. The van der Waals surface area contributed by atoms with Crippen molar-refractivity contribution in [2.24, 2.45) is 5.73 Å². The fourth-order valence-electron chi connectivity index (χ4n) is 2.45. The smallest absolute Gasteiger partial charge is 0.550 e. The molecule has 0 aliphatic carbocycles. The zero-order valence-corrected chi connectivity index (χ0v) is 37.9. The first kappa shape index (κ1) is 62.8. The fourth-order valence-corrected chi connectivity index (χ4v) is 2.45. The van der Waals surface area contributed by atoms with Gasteiger partial charge in [-0.2, -0.15) is 0 Å². The number of nitrogens with zero attached hydrogens (tertiary/aromatic N) is 4. The van der Waals surface area contributed by atoms with E-state index in [2.05, 4.69) is 39.9 Å². The number of halogens is 12. The number of aliphatic carboxylic acids is 2. The molecule has 0 saturated heterocycles. The zero-order valence-electron chi connectivity index (χ0n) is 29.5. The van der Waals surface area contributed by atoms with E-state index in [0.29, 0.717) is 7.92 Å². The Balaban J connectivity index is -0.000000186. The Labute approximate surface area is 366 Å². The van der Waals surface area contributed by atoms with Crippen LogP contribution in [0.4, 0.5) is 50.4 Å². The molecular weight excluding hydrogens is 938 g/mol. The number of carbonyl (C=O) groups excluding carboxylic acids is 2. The molecule has 302 valence electrons. The van der Waals surface area contributed by atoms with E-state index in [1.165, 1.54) is 0 Å². The summed E-state index contributed by atoms with van der Waals surface area (Å²) in [6.07, 6.45) is 6.57. The molecule has 1 unspecified atom stereocenters. The third kappa shape index (κ3) is 59.4. The average Bonchev–Trinajstić information content (AvgIpc) is 2.99. The fraction of sp³-hybridized carbons (Fsp3) is 0.214. The van der Waals surface area contributed by atoms with Crippen LogP contribution in [0.25, 0.3) is 22.8 Å². The molecule has 1 atom stereocenters. The third-order valence-electron chi connectivity index (χ3n) is 4.15. The topological polar surface area (TPSA) is 158 Å². The minimum atomic E-state index is -10.7. The SMILES string of the molecule is CP(C)C.F[P-](F)(F)(F)(F)F.F[P-](F)(F)(F)(F)F.NC(CCC(=O)[O-])C(=O)[O-].[Na+].[Na+].[Ru+2].c1ccc(-c2ccccn2)nc1.c1ccc(-c2ccccn2)nc1. The molecule has 0 bridgehead atoms. The van der Waals surface area contributed by atoms with Gasteiger partial charge in [0.25, 0.3) is 0 Å². The van der Waals surface area contributed by atoms with Crippen molar-refractivity contribution in [3.05, 3.63) is 97.6 Å². The molecule has 4 rings (SSSR count). The number of hydrogen-bond donors (Lipinski definition) is 1. The Bertz CT molecular complexity index is 1430. The van der Waals surface area contributed by atoms with Crippen molar-refractivity contribution in [3.63, 3.8) is 0 Å². The molecule has 0 aliphatic rings. The number of nitrogens with two attached hydrogens (primary N) is 1. The van der Waals surface area contributed by atoms with Gasteiger partial charge in [0.2, 0.25) is 0 Å². The van der Waals surface area contributed by atoms with Crippen molar-refractivity contribution in [2.45, 2.75) is 18.9 Å². The summed E-state index contributed by atoms with van der Waals surface area (Å²) in [6, 6.07) is 22.0. The van der Waals surface area contributed by atoms with E-state index in [-0.39, 0.29) is 91.4 Å². The number of rotatable bonds is 6. The molecule has 2 N–H and O–H groups in total. The van der Waals surface area contributed by atoms with Crippen LogP contribution in [0.3, 0.4) is 0 Å². The zero-order chi connectivity index (χ0) is 41.0. The monoisotopic (exact) mass is 971 g/mol. The second-order valence-corrected chi connectivity index (χ2v) is 16.5. The van der Waals surface area contributed by atoms with Crippen molar-refractivity contribution in [1.82, 2.24) is 19.9 Å². The van der Waals surface area contributed by atoms with Crippen molar-refractivity contribution < 1.29 is 149 Å². The van der Waals surface area contributed by atoms with Crippen LogP contribution < -0.4 is 75.1 Å². The minimum Gasteiger partial charge on any atom is -0.550 e. The van der Waals surface area contributed by atoms with Gasteiger partial charge < -0.3 is 25.5 Å². The molecular formula is C28H32F12N5Na2O4P3Ru. The number of carboxylic acids is 2. The molecule has 27 heteroatoms. The van der Waals surface area contributed by atoms with E-state index in [1.807, 2.05) is 72.8 Å². The van der Waals surface area contributed by atoms with E-state index in [1.54, 1.807) is 24.8 Å². The number of carboxylic acid groups (broad SMARTS) is 2. The second-order valence-electron chi connectivity index (χ2n) is 9.95. The van der Waals surface area contributed by atoms with Crippen LogP contribution in [0.1, 0.15) is 12.8 Å². The number of pyridine rings is 4. The summed E-state index contributed by atoms with van der Waals surface area (Å²) in [4.78, 5) is 36.4. The van der Waals surface area contributed by atoms with Gasteiger partial charge >= 0.3 is 145 Å². The molecule has 9 nitrogen and oxygen atoms in total. The molecule has 0 aromatic carbocycles. The average molecular weight is 971 g/mol. The van der Waals surface area contributed by atoms with Crippen LogP contribution in [0.2, 0.25) is 0 Å². The van der Waals surface area contributed by atoms with Gasteiger partial charge in [0.1, 0.15) is 0 Å². The number of carbonyl (C=O) groups is 2. The Hall–Kier alpha value is -1.43. The third-order valence-corrected chi connectivity index (χ3v) is 4.15. The summed E-state index contributed by atoms with van der Waals surface area (Å²) < 4.78 is 118. The van der Waals surface area contributed by atoms with Crippen molar-refractivity contribution in [3.8, 4) is 22.8 Å². The predicted molar refractivity (Wildman–Crippen MR) is 174 cm³/mol. The molecule has 0 fully saturated rings. The normalized spacial score (nSPS) is 13.0. The molecule has 0 amide bonds. The second kappa shape index (κ2) is 25.1. The van der Waals surface area contributed by atoms with Crippen LogP contribution in [-0.2, 0) is 29.1 Å². The van der Waals surface area contributed by atoms with Gasteiger partial charge in [0.15, 0.2) is 0 Å². The van der Waals surface area contributed by atoms with E-state index < -0.39 is 33.6 Å². The molecule has 4 heterocycles. The van der Waals surface area contributed by atoms with Gasteiger partial charge in [0, 0.05) is 36.8 Å². The van der Waals surface area contributed by atoms with Crippen molar-refractivity contribution >= 4 is 35.5 Å². The van der Waals surface area contributed by atoms with Crippen molar-refractivity contribution in [1.29, 1.82) is 0 Å². The van der Waals surface area contributed by atoms with Gasteiger partial charge in [-0.05, 0) is 81.4 Å². The maximum Gasteiger partial charge on any atom is 2.00 e. The maximum absolute atomic E-state index is 10.7. The first-order valence-corrected chi connectivity index (χ1v) is 20.4. The standard InChI is InChI=1S/2C10H8N2.C5H9NO4.C3H9P.2F6P.2Na.Ru/c2*1-3-7-11-9(5-1)10-6-2-4-8-12-10;6-3(5(9)10)1-2-4(7)8;1-4(2)3;2*1-7(2,3,4,5)6;;;/h2*1-8H;3H,1-2,6H2,(H,7,8)(H,9,10);1-3H3;;;;;/q;;;;2*-1;2*+1;+2/p-2. The summed E-state index contributed by atoms with van der Waals surface area (Å²) in [6.45, 7) is 6.69. The molecule has 0 radical (unpaired) electrons. The molecule has 0 saturated carbocycles. The Morgan fingerprint density at radius 2 is 0.782 bits per heavy atom. The summed E-state index contributed by atoms with van der Waals surface area (Å²) >= 11 is 0. The van der Waals surface area contributed by atoms with E-state index in [4.69, 9.17) is 5.73 Å². The van der Waals surface area contributed by atoms with Gasteiger partial charge in [-0.1, -0.05) is 24.3 Å². The Kier molecular flexibility index (Phi) is 28.7. The summed E-state index contributed by atoms with van der Waals surface area (Å²) in [5, 5.41) is 19.6. The Morgan fingerprint density at radius 1 is 0.582 bits per heavy atom. The van der Waals surface area contributed by atoms with E-state index >= 15 is 0 Å². The summed E-state index contributed by atoms with van der Waals surface area (Å²) in [5.74, 6) is -2.75. The van der Waals surface area contributed by atoms with Gasteiger partial charge in [0.05, 0.1) is 28.7 Å². The number of hydrogen-bond acceptors (Lipinski definition) is 9. The van der Waals surface area contributed by atoms with Gasteiger partial charge in [-0.15, -0.1) is 7.92 Å².